The summed E-state index contributed by atoms with van der Waals surface area (Å²) in [5.74, 6) is 0.786. The summed E-state index contributed by atoms with van der Waals surface area (Å²) in [6.45, 7) is 7.88. The van der Waals surface area contributed by atoms with E-state index in [1.54, 1.807) is 6.08 Å². The number of benzene rings is 3. The molecule has 0 unspecified atom stereocenters. The van der Waals surface area contributed by atoms with Gasteiger partial charge in [0.1, 0.15) is 11.3 Å². The van der Waals surface area contributed by atoms with Gasteiger partial charge in [-0.15, -0.1) is 0 Å². The normalized spacial score (nSPS) is 15.6. The van der Waals surface area contributed by atoms with Gasteiger partial charge in [-0.25, -0.2) is 0 Å². The summed E-state index contributed by atoms with van der Waals surface area (Å²) < 4.78 is 5.99. The van der Waals surface area contributed by atoms with E-state index in [9.17, 15) is 0 Å². The maximum Gasteiger partial charge on any atom is 0.136 e. The molecule has 1 nitrogen and oxygen atoms in total. The van der Waals surface area contributed by atoms with Crippen LogP contribution in [0.25, 0.3) is 45.0 Å². The molecule has 0 saturated heterocycles. The van der Waals surface area contributed by atoms with Crippen molar-refractivity contribution in [2.45, 2.75) is 9.79 Å². The molecule has 128 valence electrons. The Morgan fingerprint density at radius 3 is 2.46 bits per heavy atom. The molecule has 0 aliphatic carbocycles. The minimum Gasteiger partial charge on any atom is -0.456 e. The van der Waals surface area contributed by atoms with Crippen LogP contribution in [0.15, 0.2) is 75.9 Å². The van der Waals surface area contributed by atoms with Gasteiger partial charge in [0.15, 0.2) is 0 Å². The molecule has 0 fully saturated rings. The average molecular weight is 356 g/mol. The van der Waals surface area contributed by atoms with Crippen LogP contribution in [0.5, 0.6) is 0 Å². The standard InChI is InChI=1S/C24H20OS/c1-5-16-20(6-2)25-21-12-11-15-13-23-19(14-18(15)24(16)21)17-9-7-8-10-22(17)26(23,3)4/h5-14H,1-2H2,3-4H3. The molecule has 0 amide bonds. The molecule has 1 aliphatic heterocycles. The van der Waals surface area contributed by atoms with Gasteiger partial charge in [-0.1, -0.05) is 43.5 Å². The van der Waals surface area contributed by atoms with Gasteiger partial charge in [0.2, 0.25) is 0 Å². The Balaban J connectivity index is 1.96. The number of hydrogen-bond donors (Lipinski definition) is 0. The van der Waals surface area contributed by atoms with E-state index in [-0.39, 0.29) is 0 Å². The SMILES string of the molecule is C=Cc1oc2ccc3cc4c(cc3c2c1C=C)-c1ccccc1S4(C)C. The largest absolute Gasteiger partial charge is 0.456 e. The zero-order valence-electron chi connectivity index (χ0n) is 15.0. The molecule has 5 rings (SSSR count). The average Bonchev–Trinajstić information content (AvgIpc) is 3.14. The summed E-state index contributed by atoms with van der Waals surface area (Å²) in [7, 11) is -0.985. The summed E-state index contributed by atoms with van der Waals surface area (Å²) in [6, 6.07) is 17.8. The van der Waals surface area contributed by atoms with E-state index in [2.05, 4.69) is 74.2 Å². The molecule has 0 radical (unpaired) electrons. The Labute approximate surface area is 155 Å². The zero-order chi connectivity index (χ0) is 18.1. The van der Waals surface area contributed by atoms with Gasteiger partial charge in [0.05, 0.1) is 0 Å². The molecule has 3 aromatic carbocycles. The molecule has 2 heteroatoms. The fraction of sp³-hybridized carbons (Fsp3) is 0.0833. The van der Waals surface area contributed by atoms with Crippen molar-refractivity contribution in [3.05, 3.63) is 73.0 Å². The highest BCUT2D eigenvalue weighted by Crippen LogP contribution is 2.67. The first-order valence-electron chi connectivity index (χ1n) is 8.67. The van der Waals surface area contributed by atoms with Crippen LogP contribution in [-0.4, -0.2) is 12.5 Å². The zero-order valence-corrected chi connectivity index (χ0v) is 15.8. The second kappa shape index (κ2) is 5.15. The second-order valence-corrected chi connectivity index (χ2v) is 10.7. The first-order valence-corrected chi connectivity index (χ1v) is 11.1. The highest BCUT2D eigenvalue weighted by Gasteiger charge is 2.32. The third kappa shape index (κ3) is 1.83. The van der Waals surface area contributed by atoms with Gasteiger partial charge in [-0.05, 0) is 64.8 Å². The fourth-order valence-corrected chi connectivity index (χ4v) is 6.75. The lowest BCUT2D eigenvalue weighted by molar-refractivity contribution is 0.604. The Hall–Kier alpha value is -2.71. The third-order valence-electron chi connectivity index (χ3n) is 5.50. The van der Waals surface area contributed by atoms with Crippen LogP contribution < -0.4 is 0 Å². The Kier molecular flexibility index (Phi) is 3.08. The molecule has 0 saturated carbocycles. The van der Waals surface area contributed by atoms with Crippen LogP contribution in [0.2, 0.25) is 0 Å². The van der Waals surface area contributed by atoms with Crippen molar-refractivity contribution in [3.63, 3.8) is 0 Å². The highest BCUT2D eigenvalue weighted by atomic mass is 32.3. The first-order chi connectivity index (χ1) is 12.6. The summed E-state index contributed by atoms with van der Waals surface area (Å²) in [5.41, 5.74) is 4.64. The van der Waals surface area contributed by atoms with E-state index in [4.69, 9.17) is 4.42 Å². The highest BCUT2D eigenvalue weighted by molar-refractivity contribution is 8.33. The summed E-state index contributed by atoms with van der Waals surface area (Å²) >= 11 is 0. The molecule has 26 heavy (non-hydrogen) atoms. The molecule has 2 heterocycles. The van der Waals surface area contributed by atoms with Crippen LogP contribution in [0.1, 0.15) is 11.3 Å². The van der Waals surface area contributed by atoms with Crippen LogP contribution in [0.4, 0.5) is 0 Å². The summed E-state index contributed by atoms with van der Waals surface area (Å²) in [5, 5.41) is 3.61. The quantitative estimate of drug-likeness (QED) is 0.366. The van der Waals surface area contributed by atoms with Crippen molar-refractivity contribution >= 4 is 43.9 Å². The topological polar surface area (TPSA) is 13.1 Å². The van der Waals surface area contributed by atoms with Crippen molar-refractivity contribution < 1.29 is 4.42 Å². The molecule has 1 aliphatic rings. The molecule has 0 N–H and O–H groups in total. The van der Waals surface area contributed by atoms with Gasteiger partial charge in [0, 0.05) is 20.7 Å². The fourth-order valence-electron chi connectivity index (χ4n) is 4.23. The Morgan fingerprint density at radius 1 is 0.885 bits per heavy atom. The van der Waals surface area contributed by atoms with Crippen molar-refractivity contribution in [3.8, 4) is 11.1 Å². The van der Waals surface area contributed by atoms with E-state index in [1.165, 1.54) is 31.7 Å². The van der Waals surface area contributed by atoms with Crippen LogP contribution >= 0.6 is 10.0 Å². The lowest BCUT2D eigenvalue weighted by Gasteiger charge is -2.28. The Morgan fingerprint density at radius 2 is 1.69 bits per heavy atom. The predicted molar refractivity (Wildman–Crippen MR) is 115 cm³/mol. The number of hydrogen-bond acceptors (Lipinski definition) is 1. The van der Waals surface area contributed by atoms with Crippen LogP contribution in [0, 0.1) is 0 Å². The van der Waals surface area contributed by atoms with Crippen molar-refractivity contribution in [2.24, 2.45) is 0 Å². The molecule has 0 spiro atoms. The van der Waals surface area contributed by atoms with E-state index in [0.717, 1.165) is 22.3 Å². The predicted octanol–water partition coefficient (Wildman–Crippen LogP) is 7.33. The minimum atomic E-state index is -0.985. The number of furan rings is 1. The van der Waals surface area contributed by atoms with Crippen molar-refractivity contribution in [1.29, 1.82) is 0 Å². The Bertz CT molecular complexity index is 1240. The molecule has 1 aromatic heterocycles. The number of rotatable bonds is 2. The van der Waals surface area contributed by atoms with Crippen molar-refractivity contribution in [1.82, 2.24) is 0 Å². The van der Waals surface area contributed by atoms with Gasteiger partial charge in [-0.2, -0.15) is 10.0 Å². The summed E-state index contributed by atoms with van der Waals surface area (Å²) in [4.78, 5) is 2.95. The molecule has 4 aromatic rings. The lowest BCUT2D eigenvalue weighted by Crippen LogP contribution is -1.92. The maximum atomic E-state index is 5.99. The van der Waals surface area contributed by atoms with Gasteiger partial charge >= 0.3 is 0 Å². The van der Waals surface area contributed by atoms with Crippen LogP contribution in [0.3, 0.4) is 0 Å². The lowest BCUT2D eigenvalue weighted by atomic mass is 9.97. The monoisotopic (exact) mass is 356 g/mol. The van der Waals surface area contributed by atoms with Crippen molar-refractivity contribution in [2.75, 3.05) is 12.5 Å². The smallest absolute Gasteiger partial charge is 0.136 e. The summed E-state index contributed by atoms with van der Waals surface area (Å²) in [6.07, 6.45) is 8.42. The maximum absolute atomic E-state index is 5.99. The second-order valence-electron chi connectivity index (χ2n) is 7.12. The molecular formula is C24H20OS. The third-order valence-corrected chi connectivity index (χ3v) is 8.40. The molecular weight excluding hydrogens is 336 g/mol. The van der Waals surface area contributed by atoms with Gasteiger partial charge < -0.3 is 4.42 Å². The molecule has 0 bridgehead atoms. The van der Waals surface area contributed by atoms with Crippen LogP contribution in [-0.2, 0) is 0 Å². The van der Waals surface area contributed by atoms with Gasteiger partial charge in [0.25, 0.3) is 0 Å². The van der Waals surface area contributed by atoms with E-state index < -0.39 is 10.0 Å². The van der Waals surface area contributed by atoms with E-state index in [0.29, 0.717) is 0 Å². The number of fused-ring (bicyclic) bond motifs is 6. The molecule has 0 atom stereocenters. The first kappa shape index (κ1) is 15.5. The minimum absolute atomic E-state index is 0.786. The van der Waals surface area contributed by atoms with E-state index >= 15 is 0 Å². The van der Waals surface area contributed by atoms with E-state index in [1.807, 2.05) is 6.08 Å². The van der Waals surface area contributed by atoms with Gasteiger partial charge in [-0.3, -0.25) is 0 Å².